The Morgan fingerprint density at radius 1 is 0.933 bits per heavy atom. The predicted molar refractivity (Wildman–Crippen MR) is 119 cm³/mol. The van der Waals surface area contributed by atoms with E-state index < -0.39 is 15.6 Å². The zero-order chi connectivity index (χ0) is 21.1. The van der Waals surface area contributed by atoms with Crippen LogP contribution in [0.3, 0.4) is 0 Å². The van der Waals surface area contributed by atoms with Crippen LogP contribution in [0.5, 0.6) is 0 Å². The van der Waals surface area contributed by atoms with E-state index in [1.165, 1.54) is 32.1 Å². The zero-order valence-corrected chi connectivity index (χ0v) is 18.6. The second-order valence-corrected chi connectivity index (χ2v) is 12.1. The number of carbonyl (C=O) groups is 1. The van der Waals surface area contributed by atoms with Gasteiger partial charge in [-0.15, -0.1) is 0 Å². The Morgan fingerprint density at radius 3 is 2.20 bits per heavy atom. The van der Waals surface area contributed by atoms with Gasteiger partial charge in [-0.25, -0.2) is 8.42 Å². The smallest absolute Gasteiger partial charge is 0.242 e. The fraction of sp³-hybridized carbons (Fsp3) is 0.560. The first-order valence-electron chi connectivity index (χ1n) is 11.3. The minimum Gasteiger partial charge on any atom is -0.298 e. The number of hydrogen-bond acceptors (Lipinski definition) is 3. The van der Waals surface area contributed by atoms with Gasteiger partial charge >= 0.3 is 0 Å². The predicted octanol–water partition coefficient (Wildman–Crippen LogP) is 4.93. The number of Topliss-reactive ketones (excluding diaryl/α,β-unsaturated/α-hetero) is 1. The fourth-order valence-electron chi connectivity index (χ4n) is 6.72. The summed E-state index contributed by atoms with van der Waals surface area (Å²) in [6.45, 7) is 3.43. The lowest BCUT2D eigenvalue weighted by Gasteiger charge is -2.54. The monoisotopic (exact) mass is 425 g/mol. The maximum absolute atomic E-state index is 13.3. The van der Waals surface area contributed by atoms with Crippen molar-refractivity contribution >= 4 is 26.6 Å². The van der Waals surface area contributed by atoms with Gasteiger partial charge in [0.1, 0.15) is 0 Å². The van der Waals surface area contributed by atoms with Crippen molar-refractivity contribution < 1.29 is 13.2 Å². The quantitative estimate of drug-likeness (QED) is 0.714. The molecular weight excluding hydrogens is 394 g/mol. The summed E-state index contributed by atoms with van der Waals surface area (Å²) in [6.07, 6.45) is 6.98. The summed E-state index contributed by atoms with van der Waals surface area (Å²) in [6, 6.07) is 12.7. The van der Waals surface area contributed by atoms with Crippen molar-refractivity contribution in [1.29, 1.82) is 0 Å². The van der Waals surface area contributed by atoms with Crippen molar-refractivity contribution in [1.82, 2.24) is 4.72 Å². The average molecular weight is 426 g/mol. The number of benzene rings is 2. The van der Waals surface area contributed by atoms with E-state index in [-0.39, 0.29) is 10.7 Å². The molecule has 0 saturated heterocycles. The first-order valence-corrected chi connectivity index (χ1v) is 12.8. The third kappa shape index (κ3) is 3.50. The number of sulfonamides is 1. The summed E-state index contributed by atoms with van der Waals surface area (Å²) in [4.78, 5) is 13.5. The molecule has 0 spiro atoms. The molecule has 0 unspecified atom stereocenters. The lowest BCUT2D eigenvalue weighted by atomic mass is 9.51. The van der Waals surface area contributed by atoms with E-state index in [9.17, 15) is 13.2 Å². The van der Waals surface area contributed by atoms with Crippen LogP contribution in [0, 0.1) is 29.6 Å². The molecule has 4 bridgehead atoms. The van der Waals surface area contributed by atoms with Gasteiger partial charge < -0.3 is 0 Å². The van der Waals surface area contributed by atoms with Gasteiger partial charge in [-0.2, -0.15) is 4.72 Å². The zero-order valence-electron chi connectivity index (χ0n) is 17.8. The van der Waals surface area contributed by atoms with Crippen LogP contribution in [0.1, 0.15) is 52.4 Å². The molecule has 0 aliphatic heterocycles. The second-order valence-electron chi connectivity index (χ2n) is 10.4. The van der Waals surface area contributed by atoms with Crippen molar-refractivity contribution in [2.75, 3.05) is 0 Å². The molecule has 6 rings (SSSR count). The van der Waals surface area contributed by atoms with Crippen LogP contribution in [0.4, 0.5) is 0 Å². The highest BCUT2D eigenvalue weighted by atomic mass is 32.2. The highest BCUT2D eigenvalue weighted by molar-refractivity contribution is 7.89. The topological polar surface area (TPSA) is 63.2 Å². The SMILES string of the molecule is CC(C)(NS(=O)(=O)c1cccc2ccccc12)C(=O)CC1C2CC3CC(C2)CC1C3. The normalized spacial score (nSPS) is 30.7. The molecule has 1 N–H and O–H groups in total. The molecule has 0 atom stereocenters. The maximum atomic E-state index is 13.3. The molecule has 0 heterocycles. The summed E-state index contributed by atoms with van der Waals surface area (Å²) >= 11 is 0. The van der Waals surface area contributed by atoms with Gasteiger partial charge in [-0.3, -0.25) is 4.79 Å². The Bertz CT molecular complexity index is 1060. The van der Waals surface area contributed by atoms with Crippen LogP contribution in [0.15, 0.2) is 47.4 Å². The number of ketones is 1. The van der Waals surface area contributed by atoms with Crippen molar-refractivity contribution in [2.45, 2.75) is 62.8 Å². The largest absolute Gasteiger partial charge is 0.298 e. The molecule has 4 saturated carbocycles. The molecule has 2 aromatic carbocycles. The minimum absolute atomic E-state index is 0.0174. The van der Waals surface area contributed by atoms with Gasteiger partial charge in [0, 0.05) is 11.8 Å². The van der Waals surface area contributed by atoms with Gasteiger partial charge in [0.2, 0.25) is 10.0 Å². The van der Waals surface area contributed by atoms with E-state index in [1.807, 2.05) is 30.3 Å². The molecule has 5 heteroatoms. The van der Waals surface area contributed by atoms with Crippen LogP contribution in [0.2, 0.25) is 0 Å². The van der Waals surface area contributed by atoms with Crippen LogP contribution >= 0.6 is 0 Å². The minimum atomic E-state index is -3.82. The molecule has 0 amide bonds. The van der Waals surface area contributed by atoms with E-state index in [0.29, 0.717) is 29.6 Å². The molecule has 30 heavy (non-hydrogen) atoms. The number of nitrogens with one attached hydrogen (secondary N) is 1. The van der Waals surface area contributed by atoms with E-state index >= 15 is 0 Å². The first kappa shape index (κ1) is 20.2. The van der Waals surface area contributed by atoms with Crippen molar-refractivity contribution in [3.05, 3.63) is 42.5 Å². The van der Waals surface area contributed by atoms with Gasteiger partial charge in [0.05, 0.1) is 10.4 Å². The molecule has 160 valence electrons. The Kier molecular flexibility index (Phi) is 4.82. The Morgan fingerprint density at radius 2 is 1.53 bits per heavy atom. The third-order valence-corrected chi connectivity index (χ3v) is 9.68. The van der Waals surface area contributed by atoms with Crippen LogP contribution in [-0.2, 0) is 14.8 Å². The Hall–Kier alpha value is -1.72. The molecule has 0 radical (unpaired) electrons. The van der Waals surface area contributed by atoms with Crippen LogP contribution < -0.4 is 4.72 Å². The molecule has 4 fully saturated rings. The highest BCUT2D eigenvalue weighted by Crippen LogP contribution is 2.57. The standard InChI is InChI=1S/C25H31NO3S/c1-25(2,24(27)15-22-19-11-16-10-17(13-19)14-20(22)12-16)26-30(28,29)23-9-5-7-18-6-3-4-8-21(18)23/h3-9,16-17,19-20,22,26H,10-15H2,1-2H3. The molecular formula is C25H31NO3S. The lowest BCUT2D eigenvalue weighted by molar-refractivity contribution is -0.128. The van der Waals surface area contributed by atoms with Gasteiger partial charge in [0.15, 0.2) is 5.78 Å². The second kappa shape index (κ2) is 7.16. The summed E-state index contributed by atoms with van der Waals surface area (Å²) < 4.78 is 29.2. The Labute approximate surface area is 179 Å². The maximum Gasteiger partial charge on any atom is 0.242 e. The fourth-order valence-corrected chi connectivity index (χ4v) is 8.35. The number of hydrogen-bond donors (Lipinski definition) is 1. The van der Waals surface area contributed by atoms with Crippen LogP contribution in [0.25, 0.3) is 10.8 Å². The summed E-state index contributed by atoms with van der Waals surface area (Å²) in [5.74, 6) is 3.52. The number of rotatable bonds is 6. The lowest BCUT2D eigenvalue weighted by Crippen LogP contribution is -2.52. The van der Waals surface area contributed by atoms with Crippen molar-refractivity contribution in [3.8, 4) is 0 Å². The highest BCUT2D eigenvalue weighted by Gasteiger charge is 2.49. The molecule has 2 aromatic rings. The number of carbonyl (C=O) groups excluding carboxylic acids is 1. The molecule has 0 aromatic heterocycles. The summed E-state index contributed by atoms with van der Waals surface area (Å²) in [5, 5.41) is 1.55. The van der Waals surface area contributed by atoms with Gasteiger partial charge in [-0.1, -0.05) is 36.4 Å². The first-order chi connectivity index (χ1) is 14.2. The summed E-state index contributed by atoms with van der Waals surface area (Å²) in [5.41, 5.74) is -1.12. The van der Waals surface area contributed by atoms with E-state index in [0.717, 1.165) is 17.2 Å². The van der Waals surface area contributed by atoms with Gasteiger partial charge in [0.25, 0.3) is 0 Å². The Balaban J connectivity index is 1.35. The molecule has 4 aliphatic carbocycles. The third-order valence-electron chi connectivity index (χ3n) is 7.97. The van der Waals surface area contributed by atoms with Crippen molar-refractivity contribution in [3.63, 3.8) is 0 Å². The molecule has 4 nitrogen and oxygen atoms in total. The van der Waals surface area contributed by atoms with Crippen molar-refractivity contribution in [2.24, 2.45) is 29.6 Å². The van der Waals surface area contributed by atoms with E-state index in [1.54, 1.807) is 26.0 Å². The van der Waals surface area contributed by atoms with E-state index in [4.69, 9.17) is 0 Å². The van der Waals surface area contributed by atoms with Gasteiger partial charge in [-0.05, 0) is 87.0 Å². The average Bonchev–Trinajstić information content (AvgIpc) is 2.68. The number of fused-ring (bicyclic) bond motifs is 1. The summed E-state index contributed by atoms with van der Waals surface area (Å²) in [7, 11) is -3.82. The van der Waals surface area contributed by atoms with E-state index in [2.05, 4.69) is 4.72 Å². The van der Waals surface area contributed by atoms with Crippen LogP contribution in [-0.4, -0.2) is 19.7 Å². The molecule has 4 aliphatic rings.